The number of aromatic nitrogens is 2. The van der Waals surface area contributed by atoms with E-state index in [0.29, 0.717) is 22.4 Å². The number of nitrogens with one attached hydrogen (secondary N) is 2. The molecule has 3 rings (SSSR count). The van der Waals surface area contributed by atoms with Gasteiger partial charge in [0.15, 0.2) is 0 Å². The third-order valence-corrected chi connectivity index (χ3v) is 7.78. The second kappa shape index (κ2) is 5.14. The quantitative estimate of drug-likeness (QED) is 0.828. The van der Waals surface area contributed by atoms with E-state index in [9.17, 15) is 4.79 Å². The number of amides is 1. The van der Waals surface area contributed by atoms with Gasteiger partial charge < -0.3 is 10.3 Å². The third-order valence-electron chi connectivity index (χ3n) is 4.23. The van der Waals surface area contributed by atoms with Crippen molar-refractivity contribution in [2.75, 3.05) is 0 Å². The highest BCUT2D eigenvalue weighted by Crippen LogP contribution is 2.30. The van der Waals surface area contributed by atoms with E-state index in [1.165, 1.54) is 6.04 Å². The van der Waals surface area contributed by atoms with Gasteiger partial charge in [-0.2, -0.15) is 0 Å². The Morgan fingerprint density at radius 3 is 2.90 bits per heavy atom. The molecule has 0 aromatic carbocycles. The van der Waals surface area contributed by atoms with Crippen molar-refractivity contribution >= 4 is 36.6 Å². The largest absolute Gasteiger partial charge is 0.348 e. The molecule has 0 spiro atoms. The number of aryl methyl sites for hydroxylation is 1. The van der Waals surface area contributed by atoms with E-state index < -0.39 is 8.07 Å². The highest BCUT2D eigenvalue weighted by Gasteiger charge is 2.33. The lowest BCUT2D eigenvalue weighted by atomic mass is 10.2. The monoisotopic (exact) mass is 321 g/mol. The second-order valence-electron chi connectivity index (χ2n) is 6.77. The molecule has 1 fully saturated rings. The van der Waals surface area contributed by atoms with Gasteiger partial charge >= 0.3 is 0 Å². The Bertz CT molecular complexity index is 710. The van der Waals surface area contributed by atoms with Crippen LogP contribution in [0, 0.1) is 6.92 Å². The summed E-state index contributed by atoms with van der Waals surface area (Å²) in [5.74, 6) is -0.0570. The van der Waals surface area contributed by atoms with Gasteiger partial charge in [-0.25, -0.2) is 4.98 Å². The summed E-state index contributed by atoms with van der Waals surface area (Å²) in [7, 11) is -1.08. The van der Waals surface area contributed by atoms with Crippen LogP contribution in [0.1, 0.15) is 22.6 Å². The minimum absolute atomic E-state index is 0.0570. The maximum absolute atomic E-state index is 12.4. The Hall–Kier alpha value is -1.33. The van der Waals surface area contributed by atoms with Crippen molar-refractivity contribution in [3.05, 3.63) is 28.5 Å². The van der Waals surface area contributed by atoms with Crippen LogP contribution in [0.25, 0.3) is 11.0 Å². The summed E-state index contributed by atoms with van der Waals surface area (Å²) in [4.78, 5) is 19.8. The molecule has 3 heterocycles. The molecule has 0 saturated carbocycles. The SMILES string of the molecule is Cc1cc(Cl)c2cc(C(=O)N[C@@H]3CC[Si](C)(C)C3)[nH]c2n1. The lowest BCUT2D eigenvalue weighted by Crippen LogP contribution is -2.34. The molecule has 0 unspecified atom stereocenters. The molecule has 1 aliphatic rings. The Morgan fingerprint density at radius 1 is 1.48 bits per heavy atom. The summed E-state index contributed by atoms with van der Waals surface area (Å²) in [5, 5.41) is 4.57. The molecule has 6 heteroatoms. The molecule has 2 aromatic heterocycles. The van der Waals surface area contributed by atoms with E-state index in [0.717, 1.165) is 23.5 Å². The van der Waals surface area contributed by atoms with Crippen LogP contribution in [0.15, 0.2) is 12.1 Å². The number of hydrogen-bond acceptors (Lipinski definition) is 2. The van der Waals surface area contributed by atoms with E-state index in [1.54, 1.807) is 6.07 Å². The lowest BCUT2D eigenvalue weighted by molar-refractivity contribution is 0.0936. The molecular formula is C15H20ClN3OSi. The van der Waals surface area contributed by atoms with Crippen molar-refractivity contribution in [3.63, 3.8) is 0 Å². The van der Waals surface area contributed by atoms with Gasteiger partial charge in [0.05, 0.1) is 5.02 Å². The fourth-order valence-electron chi connectivity index (χ4n) is 3.13. The van der Waals surface area contributed by atoms with E-state index in [1.807, 2.05) is 13.0 Å². The van der Waals surface area contributed by atoms with Gasteiger partial charge in [-0.15, -0.1) is 0 Å². The number of hydrogen-bond donors (Lipinski definition) is 2. The van der Waals surface area contributed by atoms with Crippen LogP contribution in [0.2, 0.25) is 30.2 Å². The molecule has 1 aliphatic heterocycles. The van der Waals surface area contributed by atoms with Gasteiger partial charge in [0.1, 0.15) is 11.3 Å². The summed E-state index contributed by atoms with van der Waals surface area (Å²) < 4.78 is 0. The van der Waals surface area contributed by atoms with Crippen molar-refractivity contribution in [2.45, 2.75) is 44.6 Å². The highest BCUT2D eigenvalue weighted by molar-refractivity contribution is 6.78. The van der Waals surface area contributed by atoms with Crippen LogP contribution >= 0.6 is 11.6 Å². The minimum atomic E-state index is -1.08. The van der Waals surface area contributed by atoms with Crippen LogP contribution < -0.4 is 5.32 Å². The number of aromatic amines is 1. The molecule has 2 N–H and O–H groups in total. The van der Waals surface area contributed by atoms with Gasteiger partial charge in [-0.05, 0) is 31.5 Å². The summed E-state index contributed by atoms with van der Waals surface area (Å²) in [5.41, 5.74) is 2.05. The second-order valence-corrected chi connectivity index (χ2v) is 12.4. The first-order valence-electron chi connectivity index (χ1n) is 7.31. The van der Waals surface area contributed by atoms with Gasteiger partial charge in [0.25, 0.3) is 5.91 Å². The molecule has 1 atom stereocenters. The normalized spacial score (nSPS) is 20.9. The van der Waals surface area contributed by atoms with Crippen LogP contribution in [0.4, 0.5) is 0 Å². The molecule has 112 valence electrons. The summed E-state index contributed by atoms with van der Waals surface area (Å²) in [6, 6.07) is 6.37. The number of carbonyl (C=O) groups is 1. The fraction of sp³-hybridized carbons (Fsp3) is 0.467. The Labute approximate surface area is 130 Å². The van der Waals surface area contributed by atoms with E-state index in [2.05, 4.69) is 28.4 Å². The van der Waals surface area contributed by atoms with Gasteiger partial charge in [0.2, 0.25) is 0 Å². The topological polar surface area (TPSA) is 57.8 Å². The third kappa shape index (κ3) is 2.99. The average Bonchev–Trinajstić information content (AvgIpc) is 2.93. The Morgan fingerprint density at radius 2 is 2.24 bits per heavy atom. The minimum Gasteiger partial charge on any atom is -0.348 e. The maximum Gasteiger partial charge on any atom is 0.267 e. The fourth-order valence-corrected chi connectivity index (χ4v) is 6.40. The number of rotatable bonds is 2. The van der Waals surface area contributed by atoms with Crippen LogP contribution in [0.3, 0.4) is 0 Å². The standard InChI is InChI=1S/C15H20ClN3OSi/c1-9-6-12(16)11-7-13(19-14(11)17-9)15(20)18-10-4-5-21(2,3)8-10/h6-7,10H,4-5,8H2,1-3H3,(H,17,19)(H,18,20)/t10-/m1/s1. The van der Waals surface area contributed by atoms with Crippen LogP contribution in [-0.2, 0) is 0 Å². The van der Waals surface area contributed by atoms with E-state index in [-0.39, 0.29) is 5.91 Å². The highest BCUT2D eigenvalue weighted by atomic mass is 35.5. The number of carbonyl (C=O) groups excluding carboxylic acids is 1. The van der Waals surface area contributed by atoms with Crippen molar-refractivity contribution < 1.29 is 4.79 Å². The Kier molecular flexibility index (Phi) is 3.57. The van der Waals surface area contributed by atoms with Crippen LogP contribution in [0.5, 0.6) is 0 Å². The van der Waals surface area contributed by atoms with Crippen molar-refractivity contribution in [1.82, 2.24) is 15.3 Å². The molecule has 1 amide bonds. The Balaban J connectivity index is 1.81. The smallest absolute Gasteiger partial charge is 0.267 e. The number of nitrogens with zero attached hydrogens (tertiary/aromatic N) is 1. The molecule has 0 radical (unpaired) electrons. The lowest BCUT2D eigenvalue weighted by Gasteiger charge is -2.15. The zero-order valence-electron chi connectivity index (χ0n) is 12.6. The number of fused-ring (bicyclic) bond motifs is 1. The summed E-state index contributed by atoms with van der Waals surface area (Å²) >= 11 is 6.20. The zero-order chi connectivity index (χ0) is 15.2. The molecule has 1 saturated heterocycles. The van der Waals surface area contributed by atoms with Gasteiger partial charge in [0, 0.05) is 25.2 Å². The molecular weight excluding hydrogens is 302 g/mol. The number of pyridine rings is 1. The van der Waals surface area contributed by atoms with Crippen molar-refractivity contribution in [3.8, 4) is 0 Å². The number of H-pyrrole nitrogens is 1. The molecule has 0 aliphatic carbocycles. The van der Waals surface area contributed by atoms with E-state index >= 15 is 0 Å². The molecule has 2 aromatic rings. The average molecular weight is 322 g/mol. The first-order chi connectivity index (χ1) is 9.84. The number of halogens is 1. The van der Waals surface area contributed by atoms with Crippen molar-refractivity contribution in [1.29, 1.82) is 0 Å². The first-order valence-corrected chi connectivity index (χ1v) is 11.1. The summed E-state index contributed by atoms with van der Waals surface area (Å²) in [6.45, 7) is 6.65. The summed E-state index contributed by atoms with van der Waals surface area (Å²) in [6.07, 6.45) is 1.10. The van der Waals surface area contributed by atoms with Crippen molar-refractivity contribution in [2.24, 2.45) is 0 Å². The molecule has 0 bridgehead atoms. The zero-order valence-corrected chi connectivity index (χ0v) is 14.3. The predicted molar refractivity (Wildman–Crippen MR) is 88.8 cm³/mol. The maximum atomic E-state index is 12.4. The van der Waals surface area contributed by atoms with Crippen LogP contribution in [-0.4, -0.2) is 30.0 Å². The van der Waals surface area contributed by atoms with Gasteiger partial charge in [-0.3, -0.25) is 4.79 Å². The molecule has 4 nitrogen and oxygen atoms in total. The first kappa shape index (κ1) is 14.6. The van der Waals surface area contributed by atoms with E-state index in [4.69, 9.17) is 11.6 Å². The molecule has 21 heavy (non-hydrogen) atoms. The van der Waals surface area contributed by atoms with Gasteiger partial charge in [-0.1, -0.05) is 30.7 Å². The predicted octanol–water partition coefficient (Wildman–Crippen LogP) is 3.74.